The van der Waals surface area contributed by atoms with Crippen LogP contribution in [0, 0.1) is 5.82 Å². The summed E-state index contributed by atoms with van der Waals surface area (Å²) in [5.41, 5.74) is 2.59. The van der Waals surface area contributed by atoms with E-state index in [1.165, 1.54) is 12.1 Å². The highest BCUT2D eigenvalue weighted by molar-refractivity contribution is 6.10. The summed E-state index contributed by atoms with van der Waals surface area (Å²) in [5.74, 6) is -0.251. The molecule has 1 aliphatic rings. The minimum Gasteiger partial charge on any atom is -0.392 e. The zero-order chi connectivity index (χ0) is 9.97. The summed E-state index contributed by atoms with van der Waals surface area (Å²) in [5, 5.41) is 8.87. The molecule has 0 radical (unpaired) electrons. The molecule has 0 aromatic heterocycles. The van der Waals surface area contributed by atoms with Crippen molar-refractivity contribution in [2.75, 3.05) is 13.2 Å². The minimum atomic E-state index is -0.251. The monoisotopic (exact) mass is 191 g/mol. The van der Waals surface area contributed by atoms with Crippen LogP contribution in [0.25, 0.3) is 0 Å². The van der Waals surface area contributed by atoms with E-state index in [-0.39, 0.29) is 12.4 Å². The molecule has 1 heterocycles. The predicted octanol–water partition coefficient (Wildman–Crippen LogP) is 1.55. The van der Waals surface area contributed by atoms with Gasteiger partial charge in [-0.15, -0.1) is 0 Å². The molecule has 1 aromatic carbocycles. The number of hydrogen-bond donors (Lipinski definition) is 1. The van der Waals surface area contributed by atoms with Crippen molar-refractivity contribution in [3.05, 3.63) is 47.3 Å². The van der Waals surface area contributed by atoms with Crippen LogP contribution in [-0.2, 0) is 0 Å². The highest BCUT2D eigenvalue weighted by atomic mass is 19.1. The largest absolute Gasteiger partial charge is 0.392 e. The van der Waals surface area contributed by atoms with E-state index in [0.717, 1.165) is 16.8 Å². The van der Waals surface area contributed by atoms with Gasteiger partial charge in [-0.1, -0.05) is 0 Å². The maximum absolute atomic E-state index is 12.6. The Bertz CT molecular complexity index is 392. The number of aliphatic hydroxyl groups excluding tert-OH is 1. The molecule has 1 aliphatic heterocycles. The van der Waals surface area contributed by atoms with Crippen molar-refractivity contribution in [1.82, 2.24) is 0 Å². The quantitative estimate of drug-likeness (QED) is 0.755. The van der Waals surface area contributed by atoms with E-state index in [1.54, 1.807) is 12.1 Å². The Morgan fingerprint density at radius 1 is 1.29 bits per heavy atom. The first-order valence-electron chi connectivity index (χ1n) is 4.40. The minimum absolute atomic E-state index is 0.0359. The standard InChI is InChI=1S/C11H10FNO/c12-10-3-1-9(2-4-10)11-5-8(7-14)6-13-11/h1-5,14H,6-7H2. The molecule has 0 saturated heterocycles. The van der Waals surface area contributed by atoms with E-state index in [9.17, 15) is 4.39 Å². The molecular weight excluding hydrogens is 181 g/mol. The lowest BCUT2D eigenvalue weighted by molar-refractivity contribution is 0.330. The molecule has 2 nitrogen and oxygen atoms in total. The van der Waals surface area contributed by atoms with E-state index in [4.69, 9.17) is 5.11 Å². The average Bonchev–Trinajstić information content (AvgIpc) is 2.67. The Labute approximate surface area is 81.4 Å². The molecule has 1 N–H and O–H groups in total. The Hall–Kier alpha value is -1.48. The van der Waals surface area contributed by atoms with Crippen LogP contribution in [0.5, 0.6) is 0 Å². The number of aliphatic imine (C=N–C) groups is 1. The molecular formula is C11H10FNO. The highest BCUT2D eigenvalue weighted by Crippen LogP contribution is 2.12. The van der Waals surface area contributed by atoms with Crippen molar-refractivity contribution >= 4 is 5.71 Å². The maximum Gasteiger partial charge on any atom is 0.123 e. The van der Waals surface area contributed by atoms with Crippen LogP contribution < -0.4 is 0 Å². The lowest BCUT2D eigenvalue weighted by Crippen LogP contribution is -1.94. The first-order valence-corrected chi connectivity index (χ1v) is 4.40. The fourth-order valence-corrected chi connectivity index (χ4v) is 1.36. The number of nitrogens with zero attached hydrogens (tertiary/aromatic N) is 1. The van der Waals surface area contributed by atoms with Crippen molar-refractivity contribution in [2.45, 2.75) is 0 Å². The third kappa shape index (κ3) is 1.72. The van der Waals surface area contributed by atoms with Crippen LogP contribution in [0.3, 0.4) is 0 Å². The molecule has 0 amide bonds. The topological polar surface area (TPSA) is 32.6 Å². The number of halogens is 1. The Kier molecular flexibility index (Phi) is 2.41. The van der Waals surface area contributed by atoms with Gasteiger partial charge in [-0.05, 0) is 41.5 Å². The Morgan fingerprint density at radius 2 is 2.00 bits per heavy atom. The molecule has 0 atom stereocenters. The molecule has 0 aliphatic carbocycles. The first-order chi connectivity index (χ1) is 6.79. The molecule has 3 heteroatoms. The normalized spacial score (nSPS) is 15.3. The summed E-state index contributed by atoms with van der Waals surface area (Å²) in [6.07, 6.45) is 1.84. The van der Waals surface area contributed by atoms with E-state index in [1.807, 2.05) is 6.08 Å². The first kappa shape index (κ1) is 9.09. The third-order valence-electron chi connectivity index (χ3n) is 2.14. The van der Waals surface area contributed by atoms with Crippen LogP contribution in [0.1, 0.15) is 5.56 Å². The molecule has 0 saturated carbocycles. The predicted molar refractivity (Wildman–Crippen MR) is 53.0 cm³/mol. The number of rotatable bonds is 2. The van der Waals surface area contributed by atoms with E-state index in [2.05, 4.69) is 4.99 Å². The number of aliphatic hydroxyl groups is 1. The van der Waals surface area contributed by atoms with E-state index in [0.29, 0.717) is 6.54 Å². The summed E-state index contributed by atoms with van der Waals surface area (Å²) in [6, 6.07) is 6.18. The van der Waals surface area contributed by atoms with Crippen LogP contribution >= 0.6 is 0 Å². The van der Waals surface area contributed by atoms with Gasteiger partial charge in [0, 0.05) is 0 Å². The van der Waals surface area contributed by atoms with Gasteiger partial charge in [0.15, 0.2) is 0 Å². The molecule has 0 fully saturated rings. The van der Waals surface area contributed by atoms with Crippen LogP contribution in [0.2, 0.25) is 0 Å². The molecule has 2 rings (SSSR count). The zero-order valence-corrected chi connectivity index (χ0v) is 7.57. The fraction of sp³-hybridized carbons (Fsp3) is 0.182. The van der Waals surface area contributed by atoms with Crippen molar-refractivity contribution in [2.24, 2.45) is 4.99 Å². The fourth-order valence-electron chi connectivity index (χ4n) is 1.36. The van der Waals surface area contributed by atoms with E-state index < -0.39 is 0 Å². The third-order valence-corrected chi connectivity index (χ3v) is 2.14. The van der Waals surface area contributed by atoms with Crippen molar-refractivity contribution in [3.63, 3.8) is 0 Å². The van der Waals surface area contributed by atoms with Crippen LogP contribution in [0.15, 0.2) is 40.9 Å². The number of hydrogen-bond acceptors (Lipinski definition) is 2. The van der Waals surface area contributed by atoms with Crippen molar-refractivity contribution < 1.29 is 9.50 Å². The smallest absolute Gasteiger partial charge is 0.123 e. The molecule has 0 spiro atoms. The van der Waals surface area contributed by atoms with Crippen molar-refractivity contribution in [3.8, 4) is 0 Å². The number of allylic oxidation sites excluding steroid dienone is 1. The van der Waals surface area contributed by atoms with Gasteiger partial charge in [0.1, 0.15) is 5.82 Å². The highest BCUT2D eigenvalue weighted by Gasteiger charge is 2.08. The molecule has 14 heavy (non-hydrogen) atoms. The van der Waals surface area contributed by atoms with Gasteiger partial charge in [-0.3, -0.25) is 4.99 Å². The second-order valence-electron chi connectivity index (χ2n) is 3.17. The Balaban J connectivity index is 2.25. The average molecular weight is 191 g/mol. The molecule has 72 valence electrons. The van der Waals surface area contributed by atoms with Crippen molar-refractivity contribution in [1.29, 1.82) is 0 Å². The van der Waals surface area contributed by atoms with Crippen LogP contribution in [0.4, 0.5) is 4.39 Å². The molecule has 0 unspecified atom stereocenters. The Morgan fingerprint density at radius 3 is 2.57 bits per heavy atom. The van der Waals surface area contributed by atoms with E-state index >= 15 is 0 Å². The summed E-state index contributed by atoms with van der Waals surface area (Å²) in [6.45, 7) is 0.581. The van der Waals surface area contributed by atoms with Gasteiger partial charge in [0.05, 0.1) is 18.9 Å². The molecule has 1 aromatic rings. The summed E-state index contributed by atoms with van der Waals surface area (Å²) >= 11 is 0. The van der Waals surface area contributed by atoms with Crippen LogP contribution in [-0.4, -0.2) is 24.0 Å². The second-order valence-corrected chi connectivity index (χ2v) is 3.17. The van der Waals surface area contributed by atoms with Gasteiger partial charge in [0.25, 0.3) is 0 Å². The second kappa shape index (κ2) is 3.72. The maximum atomic E-state index is 12.6. The van der Waals surface area contributed by atoms with Gasteiger partial charge in [-0.25, -0.2) is 4.39 Å². The molecule has 0 bridgehead atoms. The zero-order valence-electron chi connectivity index (χ0n) is 7.57. The van der Waals surface area contributed by atoms with Gasteiger partial charge in [0.2, 0.25) is 0 Å². The number of benzene rings is 1. The van der Waals surface area contributed by atoms with Gasteiger partial charge in [-0.2, -0.15) is 0 Å². The summed E-state index contributed by atoms with van der Waals surface area (Å²) < 4.78 is 12.6. The SMILES string of the molecule is OCC1=CC(c2ccc(F)cc2)=NC1. The van der Waals surface area contributed by atoms with Gasteiger partial charge >= 0.3 is 0 Å². The van der Waals surface area contributed by atoms with Gasteiger partial charge < -0.3 is 5.11 Å². The summed E-state index contributed by atoms with van der Waals surface area (Å²) in [4.78, 5) is 4.23. The lowest BCUT2D eigenvalue weighted by atomic mass is 10.1. The lowest BCUT2D eigenvalue weighted by Gasteiger charge is -1.96. The summed E-state index contributed by atoms with van der Waals surface area (Å²) in [7, 11) is 0.